The van der Waals surface area contributed by atoms with Crippen molar-refractivity contribution in [2.75, 3.05) is 26.2 Å². The molecule has 0 saturated carbocycles. The van der Waals surface area contributed by atoms with Gasteiger partial charge in [0.05, 0.1) is 4.90 Å². The molecule has 3 aromatic rings. The van der Waals surface area contributed by atoms with Gasteiger partial charge in [0, 0.05) is 26.2 Å². The molecule has 170 valence electrons. The van der Waals surface area contributed by atoms with E-state index in [9.17, 15) is 8.42 Å². The first kappa shape index (κ1) is 23.1. The van der Waals surface area contributed by atoms with Crippen molar-refractivity contribution in [3.63, 3.8) is 0 Å². The number of rotatable bonds is 10. The lowest BCUT2D eigenvalue weighted by molar-refractivity contribution is 0.344. The van der Waals surface area contributed by atoms with Crippen LogP contribution in [-0.2, 0) is 23.1 Å². The molecule has 32 heavy (non-hydrogen) atoms. The van der Waals surface area contributed by atoms with Crippen molar-refractivity contribution in [1.29, 1.82) is 0 Å². The van der Waals surface area contributed by atoms with Crippen LogP contribution in [0, 0.1) is 6.92 Å². The molecule has 0 atom stereocenters. The van der Waals surface area contributed by atoms with E-state index in [0.29, 0.717) is 11.4 Å². The molecule has 1 aliphatic rings. The second-order valence-corrected chi connectivity index (χ2v) is 10.9. The molecule has 4 rings (SSSR count). The summed E-state index contributed by atoms with van der Waals surface area (Å²) in [5, 5.41) is 7.71. The van der Waals surface area contributed by atoms with Gasteiger partial charge in [0.15, 0.2) is 0 Å². The molecule has 0 spiro atoms. The highest BCUT2D eigenvalue weighted by Crippen LogP contribution is 2.25. The van der Waals surface area contributed by atoms with Crippen LogP contribution in [0.1, 0.15) is 29.5 Å². The maximum Gasteiger partial charge on any atom is 0.240 e. The quantitative estimate of drug-likeness (QED) is 0.462. The minimum absolute atomic E-state index is 0.358. The van der Waals surface area contributed by atoms with E-state index in [-0.39, 0.29) is 0 Å². The van der Waals surface area contributed by atoms with Crippen LogP contribution in [0.4, 0.5) is 0 Å². The van der Waals surface area contributed by atoms with Crippen molar-refractivity contribution in [2.45, 2.75) is 37.8 Å². The zero-order valence-corrected chi connectivity index (χ0v) is 20.1. The first-order valence-electron chi connectivity index (χ1n) is 11.1. The average Bonchev–Trinajstić information content (AvgIpc) is 3.48. The molecule has 0 bridgehead atoms. The van der Waals surface area contributed by atoms with E-state index in [0.717, 1.165) is 49.4 Å². The van der Waals surface area contributed by atoms with Crippen molar-refractivity contribution >= 4 is 21.4 Å². The molecule has 0 aliphatic carbocycles. The van der Waals surface area contributed by atoms with Crippen molar-refractivity contribution in [1.82, 2.24) is 14.9 Å². The molecular weight excluding hydrogens is 438 g/mol. The second kappa shape index (κ2) is 10.7. The number of nitrogens with zero attached hydrogens (tertiary/aromatic N) is 1. The van der Waals surface area contributed by atoms with Gasteiger partial charge in [-0.05, 0) is 83.6 Å². The molecule has 2 heterocycles. The van der Waals surface area contributed by atoms with Crippen molar-refractivity contribution in [3.05, 3.63) is 76.0 Å². The Morgan fingerprint density at radius 2 is 1.66 bits per heavy atom. The maximum atomic E-state index is 12.8. The molecule has 2 aromatic carbocycles. The average molecular weight is 470 g/mol. The van der Waals surface area contributed by atoms with Gasteiger partial charge in [0.25, 0.3) is 0 Å². The predicted molar refractivity (Wildman–Crippen MR) is 132 cm³/mol. The molecule has 1 aliphatic heterocycles. The summed E-state index contributed by atoms with van der Waals surface area (Å²) < 4.78 is 28.3. The number of hydrogen-bond donors (Lipinski definition) is 2. The Labute approximate surface area is 195 Å². The highest BCUT2D eigenvalue weighted by Gasteiger charge is 2.18. The largest absolute Gasteiger partial charge is 0.309 e. The Bertz CT molecular complexity index is 1100. The van der Waals surface area contributed by atoms with Gasteiger partial charge in [-0.2, -0.15) is 11.3 Å². The fourth-order valence-corrected chi connectivity index (χ4v) is 6.03. The number of sulfonamides is 1. The lowest BCUT2D eigenvalue weighted by Gasteiger charge is -2.16. The van der Waals surface area contributed by atoms with Gasteiger partial charge in [-0.1, -0.05) is 36.4 Å². The molecule has 5 nitrogen and oxygen atoms in total. The van der Waals surface area contributed by atoms with Crippen LogP contribution in [0.2, 0.25) is 0 Å². The maximum absolute atomic E-state index is 12.8. The smallest absolute Gasteiger partial charge is 0.240 e. The third-order valence-corrected chi connectivity index (χ3v) is 8.26. The Balaban J connectivity index is 1.35. The zero-order chi connectivity index (χ0) is 22.4. The summed E-state index contributed by atoms with van der Waals surface area (Å²) >= 11 is 1.71. The number of hydrogen-bond acceptors (Lipinski definition) is 5. The van der Waals surface area contributed by atoms with Gasteiger partial charge >= 0.3 is 0 Å². The number of likely N-dealkylation sites (tertiary alicyclic amines) is 1. The van der Waals surface area contributed by atoms with E-state index in [1.807, 2.05) is 19.1 Å². The molecule has 1 aromatic heterocycles. The summed E-state index contributed by atoms with van der Waals surface area (Å²) in [6.45, 7) is 6.90. The lowest BCUT2D eigenvalue weighted by atomic mass is 10.0. The summed E-state index contributed by atoms with van der Waals surface area (Å²) in [5.41, 5.74) is 5.40. The fraction of sp³-hybridized carbons (Fsp3) is 0.360. The van der Waals surface area contributed by atoms with Gasteiger partial charge < -0.3 is 10.2 Å². The second-order valence-electron chi connectivity index (χ2n) is 8.36. The Hall–Kier alpha value is -2.03. The highest BCUT2D eigenvalue weighted by molar-refractivity contribution is 7.89. The van der Waals surface area contributed by atoms with Crippen molar-refractivity contribution in [2.24, 2.45) is 0 Å². The van der Waals surface area contributed by atoms with Crippen LogP contribution >= 0.6 is 11.3 Å². The minimum Gasteiger partial charge on any atom is -0.309 e. The molecule has 0 unspecified atom stereocenters. The SMILES string of the molecule is Cc1cc(-c2ccc(CNCc3ccsc3)cc2)ccc1S(=O)(=O)NCCN1CCCC1. The van der Waals surface area contributed by atoms with Crippen LogP contribution < -0.4 is 10.0 Å². The topological polar surface area (TPSA) is 61.4 Å². The third-order valence-electron chi connectivity index (χ3n) is 5.91. The summed E-state index contributed by atoms with van der Waals surface area (Å²) in [4.78, 5) is 2.66. The van der Waals surface area contributed by atoms with E-state index >= 15 is 0 Å². The van der Waals surface area contributed by atoms with Crippen LogP contribution in [-0.4, -0.2) is 39.5 Å². The van der Waals surface area contributed by atoms with E-state index in [4.69, 9.17) is 0 Å². The lowest BCUT2D eigenvalue weighted by Crippen LogP contribution is -2.33. The minimum atomic E-state index is -3.50. The van der Waals surface area contributed by atoms with Crippen molar-refractivity contribution < 1.29 is 8.42 Å². The summed E-state index contributed by atoms with van der Waals surface area (Å²) in [5.74, 6) is 0. The van der Waals surface area contributed by atoms with Gasteiger partial charge in [-0.25, -0.2) is 13.1 Å². The molecule has 1 fully saturated rings. The van der Waals surface area contributed by atoms with E-state index < -0.39 is 10.0 Å². The standard InChI is InChI=1S/C25H31N3O2S2/c1-20-16-24(8-9-25(20)32(29,30)27-11-14-28-12-2-3-13-28)23-6-4-21(5-7-23)17-26-18-22-10-15-31-19-22/h4-10,15-16,19,26-27H,2-3,11-14,17-18H2,1H3. The predicted octanol–water partition coefficient (Wildman–Crippen LogP) is 4.39. The van der Waals surface area contributed by atoms with Gasteiger partial charge in [0.1, 0.15) is 0 Å². The van der Waals surface area contributed by atoms with E-state index in [2.05, 4.69) is 56.0 Å². The van der Waals surface area contributed by atoms with Gasteiger partial charge in [0.2, 0.25) is 10.0 Å². The fourth-order valence-electron chi connectivity index (χ4n) is 4.11. The van der Waals surface area contributed by atoms with Crippen LogP contribution in [0.15, 0.2) is 64.2 Å². The van der Waals surface area contributed by atoms with Crippen LogP contribution in [0.5, 0.6) is 0 Å². The Morgan fingerprint density at radius 1 is 0.938 bits per heavy atom. The molecule has 7 heteroatoms. The van der Waals surface area contributed by atoms with Crippen molar-refractivity contribution in [3.8, 4) is 11.1 Å². The molecular formula is C25H31N3O2S2. The normalized spacial score (nSPS) is 14.8. The molecule has 1 saturated heterocycles. The third kappa shape index (κ3) is 6.05. The Kier molecular flexibility index (Phi) is 7.75. The van der Waals surface area contributed by atoms with Gasteiger partial charge in [-0.15, -0.1) is 0 Å². The number of thiophene rings is 1. The van der Waals surface area contributed by atoms with Crippen LogP contribution in [0.3, 0.4) is 0 Å². The monoisotopic (exact) mass is 469 g/mol. The molecule has 0 radical (unpaired) electrons. The first-order chi connectivity index (χ1) is 15.5. The first-order valence-corrected chi connectivity index (χ1v) is 13.6. The van der Waals surface area contributed by atoms with E-state index in [1.165, 1.54) is 24.0 Å². The van der Waals surface area contributed by atoms with E-state index in [1.54, 1.807) is 17.4 Å². The zero-order valence-electron chi connectivity index (χ0n) is 18.5. The summed E-state index contributed by atoms with van der Waals surface area (Å²) in [6, 6.07) is 16.1. The molecule has 2 N–H and O–H groups in total. The molecule has 0 amide bonds. The Morgan fingerprint density at radius 3 is 2.34 bits per heavy atom. The summed E-state index contributed by atoms with van der Waals surface area (Å²) in [6.07, 6.45) is 2.42. The van der Waals surface area contributed by atoms with Crippen LogP contribution in [0.25, 0.3) is 11.1 Å². The number of aryl methyl sites for hydroxylation is 1. The summed E-state index contributed by atoms with van der Waals surface area (Å²) in [7, 11) is -3.50. The number of nitrogens with one attached hydrogen (secondary N) is 2. The number of benzene rings is 2. The van der Waals surface area contributed by atoms with Gasteiger partial charge in [-0.3, -0.25) is 0 Å². The highest BCUT2D eigenvalue weighted by atomic mass is 32.2.